The van der Waals surface area contributed by atoms with Gasteiger partial charge in [0.2, 0.25) is 5.91 Å². The Hall–Kier alpha value is -1.40. The van der Waals surface area contributed by atoms with Gasteiger partial charge < -0.3 is 14.8 Å². The van der Waals surface area contributed by atoms with E-state index < -0.39 is 0 Å². The number of likely N-dealkylation sites (tertiary alicyclic amines) is 2. The Kier molecular flexibility index (Phi) is 5.89. The quantitative estimate of drug-likeness (QED) is 0.818. The minimum atomic E-state index is 0.346. The van der Waals surface area contributed by atoms with Gasteiger partial charge in [0.15, 0.2) is 0 Å². The lowest BCUT2D eigenvalue weighted by Gasteiger charge is -2.47. The van der Waals surface area contributed by atoms with Crippen molar-refractivity contribution in [3.05, 3.63) is 18.2 Å². The first-order chi connectivity index (χ1) is 11.7. The summed E-state index contributed by atoms with van der Waals surface area (Å²) in [5, 5.41) is 3.17. The number of carbonyl (C=O) groups is 1. The van der Waals surface area contributed by atoms with Crippen molar-refractivity contribution in [1.82, 2.24) is 24.7 Å². The van der Waals surface area contributed by atoms with Crippen LogP contribution in [0.5, 0.6) is 0 Å². The summed E-state index contributed by atoms with van der Waals surface area (Å²) in [5.41, 5.74) is 0. The van der Waals surface area contributed by atoms with Crippen LogP contribution in [0.3, 0.4) is 0 Å². The van der Waals surface area contributed by atoms with Crippen molar-refractivity contribution >= 4 is 5.91 Å². The van der Waals surface area contributed by atoms with Crippen LogP contribution in [0.15, 0.2) is 12.4 Å². The molecule has 3 heterocycles. The Bertz CT molecular complexity index is 543. The summed E-state index contributed by atoms with van der Waals surface area (Å²) < 4.78 is 2.27. The van der Waals surface area contributed by atoms with Crippen molar-refractivity contribution < 1.29 is 4.79 Å². The van der Waals surface area contributed by atoms with Gasteiger partial charge in [0, 0.05) is 57.6 Å². The molecule has 134 valence electrons. The highest BCUT2D eigenvalue weighted by Crippen LogP contribution is 2.31. The van der Waals surface area contributed by atoms with Crippen LogP contribution in [0.2, 0.25) is 0 Å². The Morgan fingerprint density at radius 3 is 3.00 bits per heavy atom. The summed E-state index contributed by atoms with van der Waals surface area (Å²) in [5.74, 6) is 2.13. The molecule has 2 aliphatic rings. The topological polar surface area (TPSA) is 53.4 Å². The van der Waals surface area contributed by atoms with Gasteiger partial charge in [-0.15, -0.1) is 0 Å². The van der Waals surface area contributed by atoms with Crippen molar-refractivity contribution in [3.63, 3.8) is 0 Å². The zero-order valence-electron chi connectivity index (χ0n) is 15.1. The Balaban J connectivity index is 1.60. The van der Waals surface area contributed by atoms with E-state index in [0.717, 1.165) is 58.5 Å². The monoisotopic (exact) mass is 333 g/mol. The molecule has 0 aliphatic carbocycles. The smallest absolute Gasteiger partial charge is 0.222 e. The number of imidazole rings is 1. The molecule has 2 fully saturated rings. The molecule has 0 saturated carbocycles. The largest absolute Gasteiger partial charge is 0.338 e. The molecule has 0 spiro atoms. The van der Waals surface area contributed by atoms with E-state index in [4.69, 9.17) is 0 Å². The number of aromatic nitrogens is 2. The van der Waals surface area contributed by atoms with E-state index in [9.17, 15) is 4.79 Å². The third kappa shape index (κ3) is 3.81. The zero-order chi connectivity index (χ0) is 16.9. The van der Waals surface area contributed by atoms with E-state index in [1.54, 1.807) is 0 Å². The van der Waals surface area contributed by atoms with Crippen molar-refractivity contribution in [2.75, 3.05) is 33.2 Å². The highest BCUT2D eigenvalue weighted by atomic mass is 16.2. The van der Waals surface area contributed by atoms with Gasteiger partial charge in [0.1, 0.15) is 5.82 Å². The third-order valence-corrected chi connectivity index (χ3v) is 5.46. The van der Waals surface area contributed by atoms with E-state index in [1.165, 1.54) is 5.82 Å². The highest BCUT2D eigenvalue weighted by Gasteiger charge is 2.38. The van der Waals surface area contributed by atoms with Gasteiger partial charge in [-0.25, -0.2) is 4.98 Å². The molecular formula is C18H31N5O. The van der Waals surface area contributed by atoms with Gasteiger partial charge in [-0.1, -0.05) is 6.92 Å². The number of nitrogens with zero attached hydrogens (tertiary/aromatic N) is 4. The van der Waals surface area contributed by atoms with Gasteiger partial charge in [0.05, 0.1) is 6.54 Å². The molecule has 24 heavy (non-hydrogen) atoms. The number of hydrogen-bond donors (Lipinski definition) is 1. The highest BCUT2D eigenvalue weighted by molar-refractivity contribution is 5.77. The standard InChI is InChI=1S/C18H31N5O/c1-3-9-22-11-8-20-17(22)14-21-10-6-16-15(13-21)4-5-18(24)23(16)12-7-19-2/h8,11,15-16,19H,3-7,9-10,12-14H2,1-2H3/t15-,16+/m0/s1. The predicted octanol–water partition coefficient (Wildman–Crippen LogP) is 1.33. The number of hydrogen-bond acceptors (Lipinski definition) is 4. The van der Waals surface area contributed by atoms with Crippen LogP contribution in [0, 0.1) is 5.92 Å². The number of amides is 1. The van der Waals surface area contributed by atoms with E-state index >= 15 is 0 Å². The van der Waals surface area contributed by atoms with Gasteiger partial charge in [-0.05, 0) is 32.2 Å². The second-order valence-electron chi connectivity index (χ2n) is 7.12. The summed E-state index contributed by atoms with van der Waals surface area (Å²) in [4.78, 5) is 21.5. The Morgan fingerprint density at radius 1 is 1.33 bits per heavy atom. The second kappa shape index (κ2) is 8.12. The molecule has 1 N–H and O–H groups in total. The molecular weight excluding hydrogens is 302 g/mol. The SMILES string of the molecule is CCCn1ccnc1CN1CC[C@@H]2[C@@H](CCC(=O)N2CCNC)C1. The van der Waals surface area contributed by atoms with Crippen LogP contribution >= 0.6 is 0 Å². The number of likely N-dealkylation sites (N-methyl/N-ethyl adjacent to an activating group) is 1. The van der Waals surface area contributed by atoms with Crippen LogP contribution in [-0.2, 0) is 17.9 Å². The summed E-state index contributed by atoms with van der Waals surface area (Å²) in [6.45, 7) is 8.05. The fraction of sp³-hybridized carbons (Fsp3) is 0.778. The average molecular weight is 333 g/mol. The maximum absolute atomic E-state index is 12.3. The molecule has 0 radical (unpaired) electrons. The molecule has 1 aromatic rings. The minimum Gasteiger partial charge on any atom is -0.338 e. The number of piperidine rings is 2. The van der Waals surface area contributed by atoms with Crippen LogP contribution < -0.4 is 5.32 Å². The molecule has 0 bridgehead atoms. The number of carbonyl (C=O) groups excluding carboxylic acids is 1. The minimum absolute atomic E-state index is 0.346. The molecule has 2 aliphatic heterocycles. The van der Waals surface area contributed by atoms with Gasteiger partial charge >= 0.3 is 0 Å². The van der Waals surface area contributed by atoms with E-state index in [2.05, 4.69) is 37.8 Å². The van der Waals surface area contributed by atoms with Gasteiger partial charge in [-0.3, -0.25) is 9.69 Å². The van der Waals surface area contributed by atoms with Crippen LogP contribution in [0.4, 0.5) is 0 Å². The molecule has 1 amide bonds. The van der Waals surface area contributed by atoms with E-state index in [0.29, 0.717) is 24.3 Å². The van der Waals surface area contributed by atoms with Crippen LogP contribution in [0.1, 0.15) is 38.4 Å². The summed E-state index contributed by atoms with van der Waals surface area (Å²) in [6, 6.07) is 0.436. The first kappa shape index (κ1) is 17.4. The number of rotatable bonds is 7. The van der Waals surface area contributed by atoms with Gasteiger partial charge in [0.25, 0.3) is 0 Å². The molecule has 6 nitrogen and oxygen atoms in total. The third-order valence-electron chi connectivity index (χ3n) is 5.46. The maximum Gasteiger partial charge on any atom is 0.222 e. The molecule has 0 unspecified atom stereocenters. The van der Waals surface area contributed by atoms with Crippen LogP contribution in [0.25, 0.3) is 0 Å². The molecule has 1 aromatic heterocycles. The average Bonchev–Trinajstić information content (AvgIpc) is 3.01. The maximum atomic E-state index is 12.3. The Morgan fingerprint density at radius 2 is 2.21 bits per heavy atom. The van der Waals surface area contributed by atoms with E-state index in [1.807, 2.05) is 13.2 Å². The van der Waals surface area contributed by atoms with Crippen molar-refractivity contribution in [2.24, 2.45) is 5.92 Å². The lowest BCUT2D eigenvalue weighted by Crippen LogP contribution is -2.56. The number of aryl methyl sites for hydroxylation is 1. The summed E-state index contributed by atoms with van der Waals surface area (Å²) >= 11 is 0. The zero-order valence-corrected chi connectivity index (χ0v) is 15.1. The van der Waals surface area contributed by atoms with Crippen LogP contribution in [-0.4, -0.2) is 64.5 Å². The molecule has 3 rings (SSSR count). The first-order valence-corrected chi connectivity index (χ1v) is 9.39. The summed E-state index contributed by atoms with van der Waals surface area (Å²) in [6.07, 6.45) is 7.98. The molecule has 2 saturated heterocycles. The molecule has 0 aromatic carbocycles. The first-order valence-electron chi connectivity index (χ1n) is 9.39. The number of nitrogens with one attached hydrogen (secondary N) is 1. The molecule has 6 heteroatoms. The lowest BCUT2D eigenvalue weighted by atomic mass is 9.83. The van der Waals surface area contributed by atoms with Crippen molar-refractivity contribution in [2.45, 2.75) is 51.7 Å². The molecule has 2 atom stereocenters. The predicted molar refractivity (Wildman–Crippen MR) is 94.6 cm³/mol. The van der Waals surface area contributed by atoms with Crippen molar-refractivity contribution in [1.29, 1.82) is 0 Å². The van der Waals surface area contributed by atoms with Gasteiger partial charge in [-0.2, -0.15) is 0 Å². The normalized spacial score (nSPS) is 25.1. The lowest BCUT2D eigenvalue weighted by molar-refractivity contribution is -0.141. The Labute approximate surface area is 145 Å². The van der Waals surface area contributed by atoms with E-state index in [-0.39, 0.29) is 0 Å². The van der Waals surface area contributed by atoms with Crippen molar-refractivity contribution in [3.8, 4) is 0 Å². The fourth-order valence-corrected chi connectivity index (χ4v) is 4.23. The number of fused-ring (bicyclic) bond motifs is 1. The second-order valence-corrected chi connectivity index (χ2v) is 7.12. The summed E-state index contributed by atoms with van der Waals surface area (Å²) in [7, 11) is 1.95. The fourth-order valence-electron chi connectivity index (χ4n) is 4.23.